The maximum absolute atomic E-state index is 13.5. The molecule has 0 bridgehead atoms. The Morgan fingerprint density at radius 2 is 1.62 bits per heavy atom. The van der Waals surface area contributed by atoms with Gasteiger partial charge in [0.1, 0.15) is 11.9 Å². The predicted molar refractivity (Wildman–Crippen MR) is 149 cm³/mol. The molecular weight excluding hydrogens is 501 g/mol. The Labute approximate surface area is 228 Å². The van der Waals surface area contributed by atoms with Crippen LogP contribution in [0, 0.1) is 5.92 Å². The molecule has 206 valence electrons. The van der Waals surface area contributed by atoms with E-state index < -0.39 is 17.8 Å². The number of halogens is 3. The van der Waals surface area contributed by atoms with Crippen LogP contribution in [0.15, 0.2) is 66.7 Å². The number of anilines is 2. The molecule has 4 nitrogen and oxygen atoms in total. The van der Waals surface area contributed by atoms with Gasteiger partial charge in [0.05, 0.1) is 23.5 Å². The molecule has 3 aromatic carbocycles. The van der Waals surface area contributed by atoms with Crippen LogP contribution in [-0.2, 0) is 6.18 Å². The summed E-state index contributed by atoms with van der Waals surface area (Å²) in [6.07, 6.45) is 2.18. The van der Waals surface area contributed by atoms with Crippen LogP contribution in [0.1, 0.15) is 69.4 Å². The van der Waals surface area contributed by atoms with Crippen molar-refractivity contribution in [1.82, 2.24) is 0 Å². The second kappa shape index (κ2) is 11.3. The number of hydrogen-bond acceptors (Lipinski definition) is 2. The first-order valence-electron chi connectivity index (χ1n) is 13.9. The third-order valence-electron chi connectivity index (χ3n) is 8.24. The molecule has 1 saturated carbocycles. The number of rotatable bonds is 5. The monoisotopic (exact) mass is 536 g/mol. The number of carbonyl (C=O) groups is 1. The Balaban J connectivity index is 1.36. The Morgan fingerprint density at radius 1 is 0.923 bits per heavy atom. The Bertz CT molecular complexity index is 1300. The summed E-state index contributed by atoms with van der Waals surface area (Å²) in [5, 5.41) is 2.47. The Kier molecular flexibility index (Phi) is 7.87. The fraction of sp³-hybridized carbons (Fsp3) is 0.406. The van der Waals surface area contributed by atoms with Crippen LogP contribution in [0.3, 0.4) is 0 Å². The molecular formula is C32H35F3N2O2. The van der Waals surface area contributed by atoms with Crippen molar-refractivity contribution in [2.45, 2.75) is 70.6 Å². The van der Waals surface area contributed by atoms with Gasteiger partial charge in [-0.3, -0.25) is 4.90 Å². The summed E-state index contributed by atoms with van der Waals surface area (Å²) in [5.74, 6) is 2.03. The van der Waals surface area contributed by atoms with Crippen molar-refractivity contribution >= 4 is 17.4 Å². The van der Waals surface area contributed by atoms with E-state index in [4.69, 9.17) is 4.74 Å². The topological polar surface area (TPSA) is 41.6 Å². The highest BCUT2D eigenvalue weighted by Gasteiger charge is 2.35. The predicted octanol–water partition coefficient (Wildman–Crippen LogP) is 9.27. The summed E-state index contributed by atoms with van der Waals surface area (Å²) in [7, 11) is 0. The Morgan fingerprint density at radius 3 is 2.28 bits per heavy atom. The molecule has 0 saturated heterocycles. The van der Waals surface area contributed by atoms with E-state index in [0.29, 0.717) is 23.8 Å². The van der Waals surface area contributed by atoms with Crippen LogP contribution in [-0.4, -0.2) is 18.7 Å². The standard InChI is InChI=1S/C32H35F3N2O2/c1-3-21-9-11-22(12-10-21)23-13-15-24(16-14-23)25-17-18-29-30(19-25)39-26(4-2)20-37(29)31(38)36-28-8-6-5-7-27(28)32(33,34)35/h5-8,13-19,21-22,26H,3-4,9-12,20H2,1-2H3,(H,36,38). The summed E-state index contributed by atoms with van der Waals surface area (Å²) in [6, 6.07) is 18.8. The van der Waals surface area contributed by atoms with E-state index in [0.717, 1.165) is 23.1 Å². The molecule has 7 heteroatoms. The van der Waals surface area contributed by atoms with Crippen LogP contribution in [0.5, 0.6) is 5.75 Å². The lowest BCUT2D eigenvalue weighted by atomic mass is 9.77. The summed E-state index contributed by atoms with van der Waals surface area (Å²) >= 11 is 0. The summed E-state index contributed by atoms with van der Waals surface area (Å²) in [6.45, 7) is 4.49. The molecule has 39 heavy (non-hydrogen) atoms. The van der Waals surface area contributed by atoms with Crippen molar-refractivity contribution in [1.29, 1.82) is 0 Å². The van der Waals surface area contributed by atoms with Gasteiger partial charge in [-0.2, -0.15) is 13.2 Å². The average Bonchev–Trinajstić information content (AvgIpc) is 2.96. The largest absolute Gasteiger partial charge is 0.486 e. The molecule has 1 fully saturated rings. The number of fused-ring (bicyclic) bond motifs is 1. The first kappa shape index (κ1) is 27.1. The molecule has 1 heterocycles. The lowest BCUT2D eigenvalue weighted by Crippen LogP contribution is -2.45. The van der Waals surface area contributed by atoms with Gasteiger partial charge in [-0.05, 0) is 84.9 Å². The van der Waals surface area contributed by atoms with Crippen molar-refractivity contribution in [3.05, 3.63) is 77.9 Å². The highest BCUT2D eigenvalue weighted by molar-refractivity contribution is 6.03. The second-order valence-corrected chi connectivity index (χ2v) is 10.7. The number of nitrogens with zero attached hydrogens (tertiary/aromatic N) is 1. The van der Waals surface area contributed by atoms with Gasteiger partial charge in [-0.15, -0.1) is 0 Å². The van der Waals surface area contributed by atoms with Gasteiger partial charge < -0.3 is 10.1 Å². The van der Waals surface area contributed by atoms with E-state index in [1.165, 1.54) is 60.8 Å². The van der Waals surface area contributed by atoms with Gasteiger partial charge in [-0.1, -0.05) is 62.7 Å². The quantitative estimate of drug-likeness (QED) is 0.353. The molecule has 1 aliphatic carbocycles. The zero-order valence-electron chi connectivity index (χ0n) is 22.4. The average molecular weight is 537 g/mol. The van der Waals surface area contributed by atoms with Crippen LogP contribution in [0.4, 0.5) is 29.3 Å². The lowest BCUT2D eigenvalue weighted by molar-refractivity contribution is -0.136. The van der Waals surface area contributed by atoms with Gasteiger partial charge >= 0.3 is 12.2 Å². The van der Waals surface area contributed by atoms with Crippen LogP contribution in [0.2, 0.25) is 0 Å². The van der Waals surface area contributed by atoms with E-state index in [1.54, 1.807) is 0 Å². The number of amides is 2. The van der Waals surface area contributed by atoms with E-state index in [2.05, 4.69) is 36.5 Å². The van der Waals surface area contributed by atoms with E-state index in [-0.39, 0.29) is 18.3 Å². The summed E-state index contributed by atoms with van der Waals surface area (Å²) in [5.41, 5.74) is 2.80. The number of alkyl halides is 3. The SMILES string of the molecule is CCC1CCC(c2ccc(-c3ccc4c(c3)OC(CC)CN4C(=O)Nc3ccccc3C(F)(F)F)cc2)CC1. The summed E-state index contributed by atoms with van der Waals surface area (Å²) in [4.78, 5) is 14.7. The zero-order chi connectivity index (χ0) is 27.6. The highest BCUT2D eigenvalue weighted by atomic mass is 19.4. The van der Waals surface area contributed by atoms with Crippen molar-refractivity contribution in [3.8, 4) is 16.9 Å². The minimum atomic E-state index is -4.57. The number of ether oxygens (including phenoxy) is 1. The molecule has 0 radical (unpaired) electrons. The number of para-hydroxylation sites is 1. The van der Waals surface area contributed by atoms with E-state index >= 15 is 0 Å². The number of urea groups is 1. The number of nitrogens with one attached hydrogen (secondary N) is 1. The van der Waals surface area contributed by atoms with Gasteiger partial charge in [0.25, 0.3) is 0 Å². The van der Waals surface area contributed by atoms with E-state index in [1.807, 2.05) is 25.1 Å². The third-order valence-corrected chi connectivity index (χ3v) is 8.24. The van der Waals surface area contributed by atoms with Crippen LogP contribution >= 0.6 is 0 Å². The van der Waals surface area contributed by atoms with Gasteiger partial charge in [0.2, 0.25) is 0 Å². The molecule has 0 aromatic heterocycles. The fourth-order valence-electron chi connectivity index (χ4n) is 5.81. The number of hydrogen-bond donors (Lipinski definition) is 1. The molecule has 1 aliphatic heterocycles. The fourth-order valence-corrected chi connectivity index (χ4v) is 5.81. The molecule has 2 amide bonds. The summed E-state index contributed by atoms with van der Waals surface area (Å²) < 4.78 is 46.6. The third kappa shape index (κ3) is 5.92. The highest BCUT2D eigenvalue weighted by Crippen LogP contribution is 2.41. The number of benzene rings is 3. The number of carbonyl (C=O) groups excluding carboxylic acids is 1. The minimum absolute atomic E-state index is 0.248. The molecule has 1 unspecified atom stereocenters. The molecule has 1 atom stereocenters. The van der Waals surface area contributed by atoms with Crippen LogP contribution in [0.25, 0.3) is 11.1 Å². The van der Waals surface area contributed by atoms with Crippen molar-refractivity contribution in [2.75, 3.05) is 16.8 Å². The van der Waals surface area contributed by atoms with Crippen molar-refractivity contribution < 1.29 is 22.7 Å². The first-order valence-corrected chi connectivity index (χ1v) is 13.9. The second-order valence-electron chi connectivity index (χ2n) is 10.7. The normalized spacial score (nSPS) is 21.2. The molecule has 5 rings (SSSR count). The van der Waals surface area contributed by atoms with E-state index in [9.17, 15) is 18.0 Å². The maximum Gasteiger partial charge on any atom is 0.418 e. The Hall–Kier alpha value is -3.48. The zero-order valence-corrected chi connectivity index (χ0v) is 22.4. The van der Waals surface area contributed by atoms with Gasteiger partial charge in [0, 0.05) is 0 Å². The van der Waals surface area contributed by atoms with Crippen molar-refractivity contribution in [3.63, 3.8) is 0 Å². The van der Waals surface area contributed by atoms with Gasteiger partial charge in [0.15, 0.2) is 0 Å². The smallest absolute Gasteiger partial charge is 0.418 e. The molecule has 0 spiro atoms. The van der Waals surface area contributed by atoms with Crippen molar-refractivity contribution in [2.24, 2.45) is 5.92 Å². The van der Waals surface area contributed by atoms with Gasteiger partial charge in [-0.25, -0.2) is 4.79 Å². The lowest BCUT2D eigenvalue weighted by Gasteiger charge is -2.35. The molecule has 1 N–H and O–H groups in total. The van der Waals surface area contributed by atoms with Crippen LogP contribution < -0.4 is 15.0 Å². The maximum atomic E-state index is 13.5. The molecule has 3 aromatic rings. The molecule has 2 aliphatic rings. The first-order chi connectivity index (χ1) is 18.8. The minimum Gasteiger partial charge on any atom is -0.486 e.